The summed E-state index contributed by atoms with van der Waals surface area (Å²) in [6.45, 7) is 3.23. The van der Waals surface area contributed by atoms with Crippen LogP contribution in [0.1, 0.15) is 0 Å². The van der Waals surface area contributed by atoms with E-state index in [-0.39, 0.29) is 5.69 Å². The predicted octanol–water partition coefficient (Wildman–Crippen LogP) is 1.74. The molecule has 0 bridgehead atoms. The second-order valence-corrected chi connectivity index (χ2v) is 5.19. The first kappa shape index (κ1) is 13.6. The minimum absolute atomic E-state index is 0.239. The highest BCUT2D eigenvalue weighted by Gasteiger charge is 2.22. The van der Waals surface area contributed by atoms with Crippen LogP contribution in [0.3, 0.4) is 0 Å². The van der Waals surface area contributed by atoms with Gasteiger partial charge in [0.05, 0.1) is 11.9 Å². The lowest BCUT2D eigenvalue weighted by Gasteiger charge is -2.36. The van der Waals surface area contributed by atoms with Gasteiger partial charge in [-0.15, -0.1) is 4.91 Å². The topological polar surface area (TPSA) is 101 Å². The van der Waals surface area contributed by atoms with Crippen molar-refractivity contribution in [3.63, 3.8) is 0 Å². The maximum absolute atomic E-state index is 10.8. The van der Waals surface area contributed by atoms with E-state index in [4.69, 9.17) is 4.63 Å². The van der Waals surface area contributed by atoms with Crippen LogP contribution in [-0.4, -0.2) is 46.5 Å². The third-order valence-corrected chi connectivity index (χ3v) is 3.97. The number of nitroso groups, excluding NO2 is 1. The summed E-state index contributed by atoms with van der Waals surface area (Å²) in [4.78, 5) is 23.6. The number of aromatic nitrogens is 4. The summed E-state index contributed by atoms with van der Waals surface area (Å²) in [6, 6.07) is 3.48. The van der Waals surface area contributed by atoms with Gasteiger partial charge < -0.3 is 9.80 Å². The molecule has 23 heavy (non-hydrogen) atoms. The molecule has 3 aromatic rings. The molecule has 1 aliphatic heterocycles. The minimum atomic E-state index is 0.239. The maximum Gasteiger partial charge on any atom is 0.166 e. The van der Waals surface area contributed by atoms with Gasteiger partial charge >= 0.3 is 0 Å². The molecule has 0 atom stereocenters. The third kappa shape index (κ3) is 2.35. The van der Waals surface area contributed by atoms with Crippen molar-refractivity contribution in [3.8, 4) is 0 Å². The zero-order valence-electron chi connectivity index (χ0n) is 12.2. The first-order chi connectivity index (χ1) is 11.4. The molecule has 0 radical (unpaired) electrons. The Kier molecular flexibility index (Phi) is 3.30. The van der Waals surface area contributed by atoms with E-state index < -0.39 is 0 Å². The molecule has 1 saturated heterocycles. The van der Waals surface area contributed by atoms with Crippen LogP contribution in [0, 0.1) is 4.91 Å². The Bertz CT molecular complexity index is 828. The molecule has 1 aromatic carbocycles. The normalized spacial score (nSPS) is 15.1. The number of fused-ring (bicyclic) bond motifs is 1. The number of hydrogen-bond donors (Lipinski definition) is 0. The van der Waals surface area contributed by atoms with Crippen LogP contribution in [0.25, 0.3) is 11.0 Å². The van der Waals surface area contributed by atoms with E-state index in [2.05, 4.69) is 35.3 Å². The summed E-state index contributed by atoms with van der Waals surface area (Å²) >= 11 is 0. The Morgan fingerprint density at radius 2 is 1.78 bits per heavy atom. The van der Waals surface area contributed by atoms with Crippen LogP contribution in [0.5, 0.6) is 0 Å². The molecule has 0 unspecified atom stereocenters. The monoisotopic (exact) mass is 311 g/mol. The van der Waals surface area contributed by atoms with Crippen LogP contribution in [-0.2, 0) is 0 Å². The molecular formula is C14H13N7O2. The lowest BCUT2D eigenvalue weighted by atomic mass is 10.2. The second kappa shape index (κ2) is 5.59. The van der Waals surface area contributed by atoms with E-state index in [0.717, 1.165) is 37.7 Å². The van der Waals surface area contributed by atoms with Gasteiger partial charge in [0.15, 0.2) is 11.0 Å². The second-order valence-electron chi connectivity index (χ2n) is 5.19. The molecule has 116 valence electrons. The van der Waals surface area contributed by atoms with E-state index in [9.17, 15) is 4.91 Å². The van der Waals surface area contributed by atoms with E-state index in [1.165, 1.54) is 0 Å². The number of benzene rings is 1. The first-order valence-corrected chi connectivity index (χ1v) is 7.21. The molecule has 2 aromatic heterocycles. The predicted molar refractivity (Wildman–Crippen MR) is 83.7 cm³/mol. The van der Waals surface area contributed by atoms with Crippen LogP contribution in [0.4, 0.5) is 17.2 Å². The van der Waals surface area contributed by atoms with Crippen molar-refractivity contribution in [2.24, 2.45) is 5.18 Å². The zero-order valence-corrected chi connectivity index (χ0v) is 12.2. The molecule has 0 saturated carbocycles. The fraction of sp³-hybridized carbons (Fsp3) is 0.286. The lowest BCUT2D eigenvalue weighted by molar-refractivity contribution is 0.315. The van der Waals surface area contributed by atoms with Crippen molar-refractivity contribution < 1.29 is 4.63 Å². The Balaban J connectivity index is 1.57. The molecule has 4 rings (SSSR count). The molecule has 0 aliphatic carbocycles. The summed E-state index contributed by atoms with van der Waals surface area (Å²) in [5, 5.41) is 10.6. The van der Waals surface area contributed by atoms with Gasteiger partial charge in [-0.3, -0.25) is 4.98 Å². The molecule has 0 spiro atoms. The van der Waals surface area contributed by atoms with Gasteiger partial charge in [-0.1, -0.05) is 0 Å². The van der Waals surface area contributed by atoms with Gasteiger partial charge in [0.25, 0.3) is 0 Å². The van der Waals surface area contributed by atoms with E-state index >= 15 is 0 Å². The average Bonchev–Trinajstić information content (AvgIpc) is 3.12. The Morgan fingerprint density at radius 3 is 2.52 bits per heavy atom. The number of piperazine rings is 1. The van der Waals surface area contributed by atoms with Crippen molar-refractivity contribution in [3.05, 3.63) is 35.6 Å². The highest BCUT2D eigenvalue weighted by Crippen LogP contribution is 2.32. The fourth-order valence-electron chi connectivity index (χ4n) is 2.80. The van der Waals surface area contributed by atoms with Crippen LogP contribution in [0.2, 0.25) is 0 Å². The molecule has 9 nitrogen and oxygen atoms in total. The molecule has 0 N–H and O–H groups in total. The maximum atomic E-state index is 10.8. The Morgan fingerprint density at radius 1 is 1.00 bits per heavy atom. The molecule has 9 heteroatoms. The third-order valence-electron chi connectivity index (χ3n) is 3.97. The number of anilines is 2. The minimum Gasteiger partial charge on any atom is -0.366 e. The van der Waals surface area contributed by atoms with Crippen molar-refractivity contribution in [2.75, 3.05) is 36.0 Å². The van der Waals surface area contributed by atoms with Gasteiger partial charge in [-0.2, -0.15) is 0 Å². The number of rotatable bonds is 3. The van der Waals surface area contributed by atoms with Crippen LogP contribution in [0.15, 0.2) is 40.5 Å². The highest BCUT2D eigenvalue weighted by molar-refractivity contribution is 5.95. The smallest absolute Gasteiger partial charge is 0.166 e. The van der Waals surface area contributed by atoms with Gasteiger partial charge in [-0.25, -0.2) is 9.61 Å². The molecule has 1 fully saturated rings. The SMILES string of the molecule is O=Nc1ccc(N2CCN(c3cnccn3)CC2)c2nonc12. The fourth-order valence-corrected chi connectivity index (χ4v) is 2.80. The molecule has 0 amide bonds. The van der Waals surface area contributed by atoms with Crippen LogP contribution >= 0.6 is 0 Å². The van der Waals surface area contributed by atoms with Crippen LogP contribution < -0.4 is 9.80 Å². The average molecular weight is 311 g/mol. The van der Waals surface area contributed by atoms with Gasteiger partial charge in [0.1, 0.15) is 11.5 Å². The summed E-state index contributed by atoms with van der Waals surface area (Å²) in [6.07, 6.45) is 5.12. The van der Waals surface area contributed by atoms with Crippen molar-refractivity contribution in [1.82, 2.24) is 20.3 Å². The van der Waals surface area contributed by atoms with Gasteiger partial charge in [0, 0.05) is 38.6 Å². The van der Waals surface area contributed by atoms with E-state index in [1.54, 1.807) is 24.7 Å². The molecule has 3 heterocycles. The first-order valence-electron chi connectivity index (χ1n) is 7.21. The van der Waals surface area contributed by atoms with Crippen molar-refractivity contribution >= 4 is 28.2 Å². The quantitative estimate of drug-likeness (QED) is 0.674. The van der Waals surface area contributed by atoms with Gasteiger partial charge in [0.2, 0.25) is 0 Å². The highest BCUT2D eigenvalue weighted by atomic mass is 16.6. The molecule has 1 aliphatic rings. The van der Waals surface area contributed by atoms with Gasteiger partial charge in [-0.05, 0) is 27.6 Å². The number of hydrogen-bond acceptors (Lipinski definition) is 9. The lowest BCUT2D eigenvalue weighted by Crippen LogP contribution is -2.46. The number of nitrogens with zero attached hydrogens (tertiary/aromatic N) is 7. The standard InChI is InChI=1S/C14H13N7O2/c22-17-10-1-2-11(14-13(10)18-23-19-14)20-5-7-21(8-6-20)12-9-15-3-4-16-12/h1-4,9H,5-8H2. The zero-order chi connectivity index (χ0) is 15.6. The summed E-state index contributed by atoms with van der Waals surface area (Å²) < 4.78 is 4.78. The van der Waals surface area contributed by atoms with E-state index in [0.29, 0.717) is 11.0 Å². The Labute approximate surface area is 130 Å². The summed E-state index contributed by atoms with van der Waals surface area (Å²) in [5.41, 5.74) is 2.10. The van der Waals surface area contributed by atoms with Crippen molar-refractivity contribution in [1.29, 1.82) is 0 Å². The Hall–Kier alpha value is -3.10. The summed E-state index contributed by atoms with van der Waals surface area (Å²) in [5.74, 6) is 0.876. The summed E-state index contributed by atoms with van der Waals surface area (Å²) in [7, 11) is 0. The largest absolute Gasteiger partial charge is 0.366 e. The van der Waals surface area contributed by atoms with Crippen molar-refractivity contribution in [2.45, 2.75) is 0 Å². The van der Waals surface area contributed by atoms with E-state index in [1.807, 2.05) is 6.07 Å². The molecular weight excluding hydrogens is 298 g/mol.